The lowest BCUT2D eigenvalue weighted by molar-refractivity contribution is -0.112. The maximum atomic E-state index is 12.3. The Morgan fingerprint density at radius 2 is 1.15 bits per heavy atom. The molecule has 0 spiro atoms. The van der Waals surface area contributed by atoms with Crippen LogP contribution in [0.2, 0.25) is 5.28 Å². The highest BCUT2D eigenvalue weighted by atomic mass is 35.5. The van der Waals surface area contributed by atoms with Crippen molar-refractivity contribution in [3.05, 3.63) is 140 Å². The summed E-state index contributed by atoms with van der Waals surface area (Å²) in [6.07, 6.45) is 8.75. The summed E-state index contributed by atoms with van der Waals surface area (Å²) >= 11 is 5.80. The first-order chi connectivity index (χ1) is 38.4. The number of ether oxygens (including phenoxy) is 2. The van der Waals surface area contributed by atoms with E-state index in [1.807, 2.05) is 88.5 Å². The predicted molar refractivity (Wildman–Crippen MR) is 308 cm³/mol. The number of carbonyl (C=O) groups is 2. The van der Waals surface area contributed by atoms with Crippen LogP contribution in [0.4, 0.5) is 40.1 Å². The summed E-state index contributed by atoms with van der Waals surface area (Å²) in [6, 6.07) is 25.2. The molecule has 5 N–H and O–H groups in total. The zero-order chi connectivity index (χ0) is 59.3. The molecule has 4 aromatic heterocycles. The first-order valence-electron chi connectivity index (χ1n) is 26.5. The van der Waals surface area contributed by atoms with E-state index in [9.17, 15) is 9.59 Å². The van der Waals surface area contributed by atoms with Gasteiger partial charge in [0.1, 0.15) is 11.5 Å². The Bertz CT molecular complexity index is 3510. The lowest BCUT2D eigenvalue weighted by Crippen LogP contribution is -2.29. The lowest BCUT2D eigenvalue weighted by atomic mass is 10.1. The Balaban J connectivity index is 0.000000216. The Labute approximate surface area is 452 Å². The molecule has 4 aromatic carbocycles. The van der Waals surface area contributed by atoms with Crippen LogP contribution in [0.1, 0.15) is 8.22 Å². The first kappa shape index (κ1) is 47.5. The van der Waals surface area contributed by atoms with Crippen LogP contribution in [-0.2, 0) is 23.5 Å². The number of hydrogen-bond acceptors (Lipinski definition) is 14. The molecule has 8 aromatic rings. The number of anilines is 7. The molecule has 0 aliphatic heterocycles. The molecule has 19 heteroatoms. The Morgan fingerprint density at radius 1 is 0.667 bits per heavy atom. The Kier molecular flexibility index (Phi) is 16.5. The number of hydrogen-bond donors (Lipinski definition) is 4. The third kappa shape index (κ3) is 14.4. The van der Waals surface area contributed by atoms with Crippen molar-refractivity contribution >= 4 is 85.3 Å². The van der Waals surface area contributed by atoms with Gasteiger partial charge in [0.15, 0.2) is 0 Å². The summed E-state index contributed by atoms with van der Waals surface area (Å²) < 4.78 is 60.1. The highest BCUT2D eigenvalue weighted by molar-refractivity contribution is 6.28. The van der Waals surface area contributed by atoms with Crippen molar-refractivity contribution in [3.63, 3.8) is 0 Å². The van der Waals surface area contributed by atoms with Gasteiger partial charge in [-0.2, -0.15) is 0 Å². The molecule has 8 rings (SSSR count). The molecule has 0 saturated carbocycles. The normalized spacial score (nSPS) is 12.3. The van der Waals surface area contributed by atoms with E-state index in [1.165, 1.54) is 21.3 Å². The van der Waals surface area contributed by atoms with E-state index in [0.717, 1.165) is 53.9 Å². The standard InChI is InChI=1S/C28H33N7O2.C15H24N4O2.C13H10ClN3/c1-7-27(36)30-22-16-23(26(37-6)17-25(22)34(4)15-14-33(2)3)32-28-29-13-12-21(31-28)20-18-35(5)24-11-9-8-10-19(20)24;1-6-15(20)17-12-9-11(16)14(21-5)10-13(12)19(4)8-7-18(2)3;1-17-8-10(9-4-2-3-5-12(9)17)11-6-7-15-13(14)16-11/h7-13,16-18H,1,14-15H2,2-6H3,(H,30,36)(H,29,31,32);6,9-10H,1,7-8,16H2,2-5H3,(H,17,20);2-8H,1H3/i5D3;;1D3. The van der Waals surface area contributed by atoms with Crippen molar-refractivity contribution in [1.29, 1.82) is 0 Å². The highest BCUT2D eigenvalue weighted by Gasteiger charge is 2.19. The minimum Gasteiger partial charge on any atom is -0.495 e. The van der Waals surface area contributed by atoms with Gasteiger partial charge in [-0.15, -0.1) is 0 Å². The van der Waals surface area contributed by atoms with E-state index in [-0.39, 0.29) is 23.0 Å². The van der Waals surface area contributed by atoms with Crippen LogP contribution < -0.4 is 41.0 Å². The number of nitrogens with zero attached hydrogens (tertiary/aromatic N) is 10. The molecular weight excluding hydrogens is 968 g/mol. The summed E-state index contributed by atoms with van der Waals surface area (Å²) in [4.78, 5) is 49.1. The van der Waals surface area contributed by atoms with Gasteiger partial charge < -0.3 is 59.9 Å². The third-order valence-electron chi connectivity index (χ3n) is 11.6. The largest absolute Gasteiger partial charge is 0.495 e. The molecule has 18 nitrogen and oxygen atoms in total. The van der Waals surface area contributed by atoms with Crippen molar-refractivity contribution in [3.8, 4) is 34.0 Å². The van der Waals surface area contributed by atoms with Gasteiger partial charge in [-0.25, -0.2) is 19.9 Å². The van der Waals surface area contributed by atoms with E-state index < -0.39 is 14.0 Å². The number of halogens is 1. The lowest BCUT2D eigenvalue weighted by Gasteiger charge is -2.26. The topological polar surface area (TPSA) is 189 Å². The summed E-state index contributed by atoms with van der Waals surface area (Å²) in [6.45, 7) is 5.66. The minimum absolute atomic E-state index is 0.133. The van der Waals surface area contributed by atoms with E-state index >= 15 is 0 Å². The molecule has 0 fully saturated rings. The number of methoxy groups -OCH3 is 2. The molecule has 392 valence electrons. The molecular formula is C56H67ClN14O4. The Morgan fingerprint density at radius 3 is 1.63 bits per heavy atom. The van der Waals surface area contributed by atoms with E-state index in [2.05, 4.69) is 58.8 Å². The third-order valence-corrected chi connectivity index (χ3v) is 11.8. The van der Waals surface area contributed by atoms with Crippen LogP contribution in [0.25, 0.3) is 44.3 Å². The molecule has 0 atom stereocenters. The summed E-state index contributed by atoms with van der Waals surface area (Å²) in [5.41, 5.74) is 13.5. The average molecular weight is 1040 g/mol. The number of aromatic nitrogens is 6. The molecule has 0 aliphatic rings. The van der Waals surface area contributed by atoms with Crippen LogP contribution in [0, 0.1) is 0 Å². The van der Waals surface area contributed by atoms with Crippen molar-refractivity contribution in [1.82, 2.24) is 38.9 Å². The van der Waals surface area contributed by atoms with Gasteiger partial charge >= 0.3 is 0 Å². The zero-order valence-electron chi connectivity index (χ0n) is 49.4. The number of nitrogens with two attached hydrogens (primary N) is 1. The smallest absolute Gasteiger partial charge is 0.247 e. The first-order valence-corrected chi connectivity index (χ1v) is 23.8. The summed E-state index contributed by atoms with van der Waals surface area (Å²) in [7, 11) is 15.0. The molecule has 4 heterocycles. The van der Waals surface area contributed by atoms with E-state index in [1.54, 1.807) is 87.5 Å². The van der Waals surface area contributed by atoms with Crippen LogP contribution in [0.3, 0.4) is 0 Å². The fourth-order valence-corrected chi connectivity index (χ4v) is 7.83. The van der Waals surface area contributed by atoms with Crippen LogP contribution in [0.15, 0.2) is 135 Å². The van der Waals surface area contributed by atoms with Crippen molar-refractivity contribution in [2.45, 2.75) is 0 Å². The maximum Gasteiger partial charge on any atom is 0.247 e. The SMILES string of the molecule is C=CC(=O)Nc1cc(N)c(OC)cc1N(C)CCN(C)C.[2H]C([2H])([2H])n1cc(-c2ccnc(Cl)n2)c2ccccc21.[2H]C([2H])([2H])n1cc(-c2ccnc(Nc3cc(NC(=O)C=C)c(N(C)CCN(C)C)cc3OC)n2)c2ccccc21. The fourth-order valence-electron chi connectivity index (χ4n) is 7.68. The quantitative estimate of drug-likeness (QED) is 0.0362. The monoisotopic (exact) mass is 1040 g/mol. The second kappa shape index (κ2) is 26.0. The number of amides is 2. The second-order valence-electron chi connectivity index (χ2n) is 17.5. The number of aryl methyl sites for hydroxylation is 2. The molecule has 2 amide bonds. The number of benzene rings is 4. The second-order valence-corrected chi connectivity index (χ2v) is 17.8. The van der Waals surface area contributed by atoms with Crippen LogP contribution in [-0.4, -0.2) is 133 Å². The molecule has 0 radical (unpaired) electrons. The van der Waals surface area contributed by atoms with Gasteiger partial charge in [-0.05, 0) is 88.3 Å². The summed E-state index contributed by atoms with van der Waals surface area (Å²) in [5.74, 6) is 0.759. The van der Waals surface area contributed by atoms with Gasteiger partial charge in [-0.1, -0.05) is 49.6 Å². The molecule has 75 heavy (non-hydrogen) atoms. The minimum atomic E-state index is -2.34. The van der Waals surface area contributed by atoms with Gasteiger partial charge in [0, 0.05) is 132 Å². The number of rotatable bonds is 18. The average Bonchev–Trinajstić information content (AvgIpc) is 3.63. The highest BCUT2D eigenvalue weighted by Crippen LogP contribution is 2.39. The summed E-state index contributed by atoms with van der Waals surface area (Å²) in [5, 5.41) is 10.6. The van der Waals surface area contributed by atoms with Crippen LogP contribution in [0.5, 0.6) is 11.5 Å². The van der Waals surface area contributed by atoms with Crippen LogP contribution >= 0.6 is 11.6 Å². The van der Waals surface area contributed by atoms with Gasteiger partial charge in [0.05, 0.1) is 59.7 Å². The number of nitrogen functional groups attached to an aromatic ring is 1. The van der Waals surface area contributed by atoms with Crippen molar-refractivity contribution < 1.29 is 27.3 Å². The van der Waals surface area contributed by atoms with Gasteiger partial charge in [-0.3, -0.25) is 9.59 Å². The number of carbonyl (C=O) groups excluding carboxylic acids is 2. The number of para-hydroxylation sites is 2. The Hall–Kier alpha value is -8.45. The van der Waals surface area contributed by atoms with Crippen molar-refractivity contribution in [2.24, 2.45) is 14.0 Å². The number of likely N-dealkylation sites (N-methyl/N-ethyl adjacent to an activating group) is 4. The molecule has 0 bridgehead atoms. The van der Waals surface area contributed by atoms with Gasteiger partial charge in [0.25, 0.3) is 0 Å². The van der Waals surface area contributed by atoms with Gasteiger partial charge in [0.2, 0.25) is 23.0 Å². The molecule has 0 saturated heterocycles. The fraction of sp³-hybridized carbons (Fsp3) is 0.250. The molecule has 0 aliphatic carbocycles. The zero-order valence-corrected chi connectivity index (χ0v) is 44.1. The number of nitrogens with one attached hydrogen (secondary N) is 3. The number of fused-ring (bicyclic) bond motifs is 2. The predicted octanol–water partition coefficient (Wildman–Crippen LogP) is 9.20. The van der Waals surface area contributed by atoms with E-state index in [0.29, 0.717) is 62.2 Å². The van der Waals surface area contributed by atoms with E-state index in [4.69, 9.17) is 35.0 Å². The van der Waals surface area contributed by atoms with Crippen molar-refractivity contribution in [2.75, 3.05) is 114 Å². The maximum absolute atomic E-state index is 12.3. The molecule has 0 unspecified atom stereocenters.